The number of nitrogens with zero attached hydrogens (tertiary/aromatic N) is 3. The molecule has 3 aromatic rings. The Hall–Kier alpha value is -1.40. The number of hydrogen-bond acceptors (Lipinski definition) is 4. The SMILES string of the molecule is CC(Oc1cccc(Cl)c1)c1nnc(SCc2ccc(Cl)c(Cl)c2)n1C. The first-order valence-electron chi connectivity index (χ1n) is 7.82. The maximum atomic E-state index is 6.06. The van der Waals surface area contributed by atoms with Crippen LogP contribution in [0.4, 0.5) is 0 Å². The molecule has 136 valence electrons. The van der Waals surface area contributed by atoms with Gasteiger partial charge in [-0.15, -0.1) is 10.2 Å². The Labute approximate surface area is 171 Å². The van der Waals surface area contributed by atoms with Crippen molar-refractivity contribution in [2.24, 2.45) is 7.05 Å². The summed E-state index contributed by atoms with van der Waals surface area (Å²) in [5.41, 5.74) is 1.07. The Morgan fingerprint density at radius 1 is 1.08 bits per heavy atom. The van der Waals surface area contributed by atoms with Gasteiger partial charge in [-0.1, -0.05) is 58.7 Å². The van der Waals surface area contributed by atoms with Crippen molar-refractivity contribution >= 4 is 46.6 Å². The summed E-state index contributed by atoms with van der Waals surface area (Å²) < 4.78 is 7.85. The highest BCUT2D eigenvalue weighted by molar-refractivity contribution is 7.98. The molecule has 0 aliphatic heterocycles. The first-order chi connectivity index (χ1) is 12.4. The van der Waals surface area contributed by atoms with Crippen LogP contribution in [-0.4, -0.2) is 14.8 Å². The number of rotatable bonds is 6. The van der Waals surface area contributed by atoms with Crippen molar-refractivity contribution in [1.82, 2.24) is 14.8 Å². The lowest BCUT2D eigenvalue weighted by Gasteiger charge is -2.14. The van der Waals surface area contributed by atoms with Crippen LogP contribution in [0.3, 0.4) is 0 Å². The molecule has 2 aromatic carbocycles. The molecule has 1 heterocycles. The highest BCUT2D eigenvalue weighted by Crippen LogP contribution is 2.29. The first kappa shape index (κ1) is 19.4. The molecule has 0 bridgehead atoms. The monoisotopic (exact) mass is 427 g/mol. The van der Waals surface area contributed by atoms with E-state index in [9.17, 15) is 0 Å². The molecule has 1 aromatic heterocycles. The molecule has 0 saturated heterocycles. The van der Waals surface area contributed by atoms with E-state index in [4.69, 9.17) is 39.5 Å². The van der Waals surface area contributed by atoms with E-state index in [-0.39, 0.29) is 6.10 Å². The van der Waals surface area contributed by atoms with Gasteiger partial charge in [-0.25, -0.2) is 0 Å². The number of thioether (sulfide) groups is 1. The Morgan fingerprint density at radius 2 is 1.88 bits per heavy atom. The minimum Gasteiger partial charge on any atom is -0.483 e. The van der Waals surface area contributed by atoms with Gasteiger partial charge >= 0.3 is 0 Å². The normalized spacial score (nSPS) is 12.2. The van der Waals surface area contributed by atoms with Crippen LogP contribution >= 0.6 is 46.6 Å². The lowest BCUT2D eigenvalue weighted by Crippen LogP contribution is -2.10. The van der Waals surface area contributed by atoms with E-state index in [2.05, 4.69) is 10.2 Å². The standard InChI is InChI=1S/C18H16Cl3N3OS/c1-11(25-14-5-3-4-13(19)9-14)17-22-23-18(24(17)2)26-10-12-6-7-15(20)16(21)8-12/h3-9,11H,10H2,1-2H3. The molecular weight excluding hydrogens is 413 g/mol. The van der Waals surface area contributed by atoms with Crippen molar-refractivity contribution in [1.29, 1.82) is 0 Å². The predicted octanol–water partition coefficient (Wildman–Crippen LogP) is 6.21. The molecule has 0 aliphatic rings. The third kappa shape index (κ3) is 4.65. The van der Waals surface area contributed by atoms with Crippen molar-refractivity contribution in [2.45, 2.75) is 23.9 Å². The van der Waals surface area contributed by atoms with E-state index in [1.54, 1.807) is 30.0 Å². The lowest BCUT2D eigenvalue weighted by atomic mass is 10.2. The molecule has 8 heteroatoms. The van der Waals surface area contributed by atoms with Crippen LogP contribution in [0.1, 0.15) is 24.4 Å². The third-order valence-corrected chi connectivity index (χ3v) is 5.76. The zero-order chi connectivity index (χ0) is 18.7. The number of aromatic nitrogens is 3. The highest BCUT2D eigenvalue weighted by Gasteiger charge is 2.17. The summed E-state index contributed by atoms with van der Waals surface area (Å²) in [4.78, 5) is 0. The minimum absolute atomic E-state index is 0.259. The molecular formula is C18H16Cl3N3OS. The molecule has 3 rings (SSSR count). The van der Waals surface area contributed by atoms with Gasteiger partial charge < -0.3 is 9.30 Å². The summed E-state index contributed by atoms with van der Waals surface area (Å²) in [6.45, 7) is 1.93. The Balaban J connectivity index is 1.67. The summed E-state index contributed by atoms with van der Waals surface area (Å²) in [5.74, 6) is 2.14. The van der Waals surface area contributed by atoms with Crippen LogP contribution in [0.25, 0.3) is 0 Å². The van der Waals surface area contributed by atoms with E-state index in [0.29, 0.717) is 26.6 Å². The van der Waals surface area contributed by atoms with Crippen LogP contribution in [0.15, 0.2) is 47.6 Å². The van der Waals surface area contributed by atoms with Crippen molar-refractivity contribution in [3.8, 4) is 5.75 Å². The summed E-state index contributed by atoms with van der Waals surface area (Å²) in [7, 11) is 1.92. The van der Waals surface area contributed by atoms with Crippen LogP contribution in [0, 0.1) is 0 Å². The van der Waals surface area contributed by atoms with Crippen molar-refractivity contribution in [3.05, 3.63) is 68.9 Å². The molecule has 1 atom stereocenters. The summed E-state index contributed by atoms with van der Waals surface area (Å²) in [5, 5.41) is 11.1. The van der Waals surface area contributed by atoms with Gasteiger partial charge in [-0.2, -0.15) is 0 Å². The zero-order valence-electron chi connectivity index (χ0n) is 14.1. The second kappa shape index (κ2) is 8.53. The van der Waals surface area contributed by atoms with Gasteiger partial charge in [0, 0.05) is 17.8 Å². The van der Waals surface area contributed by atoms with Crippen molar-refractivity contribution < 1.29 is 4.74 Å². The topological polar surface area (TPSA) is 39.9 Å². The molecule has 26 heavy (non-hydrogen) atoms. The van der Waals surface area contributed by atoms with E-state index in [1.165, 1.54) is 0 Å². The molecule has 0 saturated carbocycles. The van der Waals surface area contributed by atoms with Crippen molar-refractivity contribution in [2.75, 3.05) is 0 Å². The van der Waals surface area contributed by atoms with Crippen molar-refractivity contribution in [3.63, 3.8) is 0 Å². The summed E-state index contributed by atoms with van der Waals surface area (Å²) in [6.07, 6.45) is -0.259. The second-order valence-corrected chi connectivity index (χ2v) is 7.85. The van der Waals surface area contributed by atoms with E-state index < -0.39 is 0 Å². The quantitative estimate of drug-likeness (QED) is 0.438. The maximum absolute atomic E-state index is 6.06. The average Bonchev–Trinajstić information content (AvgIpc) is 2.97. The molecule has 1 unspecified atom stereocenters. The van der Waals surface area contributed by atoms with Crippen LogP contribution in [-0.2, 0) is 12.8 Å². The second-order valence-electron chi connectivity index (χ2n) is 5.65. The van der Waals surface area contributed by atoms with E-state index in [1.807, 2.05) is 42.8 Å². The van der Waals surface area contributed by atoms with Crippen LogP contribution in [0.2, 0.25) is 15.1 Å². The van der Waals surface area contributed by atoms with Crippen LogP contribution in [0.5, 0.6) is 5.75 Å². The van der Waals surface area contributed by atoms with E-state index in [0.717, 1.165) is 16.5 Å². The van der Waals surface area contributed by atoms with Gasteiger partial charge in [-0.05, 0) is 42.8 Å². The fourth-order valence-electron chi connectivity index (χ4n) is 2.38. The fourth-order valence-corrected chi connectivity index (χ4v) is 3.74. The zero-order valence-corrected chi connectivity index (χ0v) is 17.2. The largest absolute Gasteiger partial charge is 0.483 e. The smallest absolute Gasteiger partial charge is 0.191 e. The summed E-state index contributed by atoms with van der Waals surface area (Å²) >= 11 is 19.6. The molecule has 0 fully saturated rings. The Kier molecular flexibility index (Phi) is 6.35. The number of ether oxygens (including phenoxy) is 1. The average molecular weight is 429 g/mol. The molecule has 0 radical (unpaired) electrons. The van der Waals surface area contributed by atoms with Gasteiger partial charge in [0.25, 0.3) is 0 Å². The first-order valence-corrected chi connectivity index (χ1v) is 9.94. The number of hydrogen-bond donors (Lipinski definition) is 0. The van der Waals surface area contributed by atoms with Gasteiger partial charge in [0.15, 0.2) is 17.1 Å². The molecule has 4 nitrogen and oxygen atoms in total. The van der Waals surface area contributed by atoms with E-state index >= 15 is 0 Å². The highest BCUT2D eigenvalue weighted by atomic mass is 35.5. The Bertz CT molecular complexity index is 916. The Morgan fingerprint density at radius 3 is 2.62 bits per heavy atom. The fraction of sp³-hybridized carbons (Fsp3) is 0.222. The predicted molar refractivity (Wildman–Crippen MR) is 108 cm³/mol. The molecule has 0 aliphatic carbocycles. The number of halogens is 3. The third-order valence-electron chi connectivity index (χ3n) is 3.69. The van der Waals surface area contributed by atoms with Gasteiger partial charge in [0.1, 0.15) is 5.75 Å². The maximum Gasteiger partial charge on any atom is 0.191 e. The van der Waals surface area contributed by atoms with Gasteiger partial charge in [0.05, 0.1) is 10.0 Å². The van der Waals surface area contributed by atoms with Crippen LogP contribution < -0.4 is 4.74 Å². The molecule has 0 amide bonds. The van der Waals surface area contributed by atoms with Gasteiger partial charge in [-0.3, -0.25) is 0 Å². The van der Waals surface area contributed by atoms with Gasteiger partial charge in [0.2, 0.25) is 0 Å². The lowest BCUT2D eigenvalue weighted by molar-refractivity contribution is 0.211. The molecule has 0 spiro atoms. The molecule has 0 N–H and O–H groups in total. The summed E-state index contributed by atoms with van der Waals surface area (Å²) in [6, 6.07) is 12.9. The minimum atomic E-state index is -0.259. The number of benzene rings is 2.